The second-order valence-electron chi connectivity index (χ2n) is 3.62. The van der Waals surface area contributed by atoms with E-state index in [1.807, 2.05) is 0 Å². The van der Waals surface area contributed by atoms with E-state index in [9.17, 15) is 4.79 Å². The van der Waals surface area contributed by atoms with Crippen LogP contribution in [0.15, 0.2) is 11.3 Å². The molecule has 0 amide bonds. The zero-order valence-electron chi connectivity index (χ0n) is 7.36. The molecule has 0 saturated carbocycles. The summed E-state index contributed by atoms with van der Waals surface area (Å²) in [5.74, 6) is 0.398. The molecule has 0 fully saturated rings. The van der Waals surface area contributed by atoms with Gasteiger partial charge in [0.2, 0.25) is 0 Å². The van der Waals surface area contributed by atoms with Crippen LogP contribution in [0.3, 0.4) is 0 Å². The molecule has 0 bridgehead atoms. The quantitative estimate of drug-likeness (QED) is 0.592. The van der Waals surface area contributed by atoms with E-state index in [1.165, 1.54) is 18.5 Å². The minimum absolute atomic E-state index is 0.398. The first kappa shape index (κ1) is 7.84. The number of carbonyl (C=O) groups is 1. The Bertz CT molecular complexity index is 230. The van der Waals surface area contributed by atoms with E-state index in [2.05, 4.69) is 5.32 Å². The highest BCUT2D eigenvalue weighted by molar-refractivity contribution is 5.96. The molecule has 0 aromatic rings. The van der Waals surface area contributed by atoms with Crippen LogP contribution in [-0.4, -0.2) is 12.3 Å². The lowest BCUT2D eigenvalue weighted by molar-refractivity contribution is -0.115. The van der Waals surface area contributed by atoms with Gasteiger partial charge in [0, 0.05) is 24.2 Å². The molecular weight excluding hydrogens is 150 g/mol. The van der Waals surface area contributed by atoms with Crippen molar-refractivity contribution in [2.24, 2.45) is 0 Å². The smallest absolute Gasteiger partial charge is 0.160 e. The van der Waals surface area contributed by atoms with Gasteiger partial charge < -0.3 is 5.32 Å². The van der Waals surface area contributed by atoms with Gasteiger partial charge in [-0.1, -0.05) is 0 Å². The topological polar surface area (TPSA) is 29.1 Å². The van der Waals surface area contributed by atoms with Crippen LogP contribution in [0, 0.1) is 0 Å². The zero-order valence-corrected chi connectivity index (χ0v) is 7.36. The first-order valence-corrected chi connectivity index (χ1v) is 4.87. The van der Waals surface area contributed by atoms with Gasteiger partial charge in [0.05, 0.1) is 0 Å². The molecule has 1 heterocycles. The van der Waals surface area contributed by atoms with Crippen LogP contribution in [0.25, 0.3) is 0 Å². The van der Waals surface area contributed by atoms with E-state index in [-0.39, 0.29) is 0 Å². The van der Waals surface area contributed by atoms with Gasteiger partial charge >= 0.3 is 0 Å². The molecule has 2 aliphatic rings. The maximum atomic E-state index is 11.6. The highest BCUT2D eigenvalue weighted by Crippen LogP contribution is 2.26. The monoisotopic (exact) mass is 165 g/mol. The Kier molecular flexibility index (Phi) is 2.15. The van der Waals surface area contributed by atoms with Crippen molar-refractivity contribution in [3.8, 4) is 0 Å². The number of allylic oxidation sites excluding steroid dienone is 2. The Morgan fingerprint density at radius 2 is 1.83 bits per heavy atom. The van der Waals surface area contributed by atoms with Crippen LogP contribution >= 0.6 is 0 Å². The SMILES string of the molecule is O=C1CCCNC2=C1CCCC2. The molecule has 2 heteroatoms. The van der Waals surface area contributed by atoms with Gasteiger partial charge in [-0.2, -0.15) is 0 Å². The fourth-order valence-electron chi connectivity index (χ4n) is 2.05. The normalized spacial score (nSPS) is 24.5. The lowest BCUT2D eigenvalue weighted by atomic mass is 9.93. The highest BCUT2D eigenvalue weighted by Gasteiger charge is 2.20. The standard InChI is InChI=1S/C10H15NO/c12-10-6-3-7-11-9-5-2-1-4-8(9)10/h11H,1-7H2. The van der Waals surface area contributed by atoms with Gasteiger partial charge in [0.15, 0.2) is 5.78 Å². The number of Topliss-reactive ketones (excluding diaryl/α,β-unsaturated/α-hetero) is 1. The van der Waals surface area contributed by atoms with Crippen LogP contribution in [0.5, 0.6) is 0 Å². The molecule has 1 aliphatic heterocycles. The summed E-state index contributed by atoms with van der Waals surface area (Å²) in [5, 5.41) is 3.37. The molecule has 1 aliphatic carbocycles. The Morgan fingerprint density at radius 3 is 2.75 bits per heavy atom. The zero-order chi connectivity index (χ0) is 8.39. The van der Waals surface area contributed by atoms with E-state index >= 15 is 0 Å². The van der Waals surface area contributed by atoms with E-state index in [1.54, 1.807) is 0 Å². The number of hydrogen-bond donors (Lipinski definition) is 1. The third-order valence-corrected chi connectivity index (χ3v) is 2.72. The summed E-state index contributed by atoms with van der Waals surface area (Å²) in [5.41, 5.74) is 2.36. The van der Waals surface area contributed by atoms with Crippen molar-refractivity contribution >= 4 is 5.78 Å². The Morgan fingerprint density at radius 1 is 1.00 bits per heavy atom. The minimum Gasteiger partial charge on any atom is -0.388 e. The molecule has 0 aromatic heterocycles. The largest absolute Gasteiger partial charge is 0.388 e. The van der Waals surface area contributed by atoms with Gasteiger partial charge in [0.25, 0.3) is 0 Å². The van der Waals surface area contributed by atoms with Gasteiger partial charge in [-0.25, -0.2) is 0 Å². The van der Waals surface area contributed by atoms with Crippen molar-refractivity contribution in [3.63, 3.8) is 0 Å². The van der Waals surface area contributed by atoms with E-state index in [0.717, 1.165) is 37.8 Å². The summed E-state index contributed by atoms with van der Waals surface area (Å²) in [4.78, 5) is 11.6. The molecule has 0 atom stereocenters. The predicted molar refractivity (Wildman–Crippen MR) is 47.7 cm³/mol. The molecule has 12 heavy (non-hydrogen) atoms. The van der Waals surface area contributed by atoms with Crippen molar-refractivity contribution in [2.75, 3.05) is 6.54 Å². The summed E-state index contributed by atoms with van der Waals surface area (Å²) in [7, 11) is 0. The molecule has 0 saturated heterocycles. The molecule has 2 rings (SSSR count). The number of nitrogens with one attached hydrogen (secondary N) is 1. The van der Waals surface area contributed by atoms with Crippen LogP contribution in [0.1, 0.15) is 38.5 Å². The van der Waals surface area contributed by atoms with Gasteiger partial charge in [0.1, 0.15) is 0 Å². The summed E-state index contributed by atoms with van der Waals surface area (Å²) < 4.78 is 0. The Labute approximate surface area is 73.0 Å². The maximum absolute atomic E-state index is 11.6. The number of ketones is 1. The van der Waals surface area contributed by atoms with Crippen LogP contribution in [0.2, 0.25) is 0 Å². The average molecular weight is 165 g/mol. The highest BCUT2D eigenvalue weighted by atomic mass is 16.1. The molecule has 2 nitrogen and oxygen atoms in total. The lowest BCUT2D eigenvalue weighted by Crippen LogP contribution is -2.17. The fourth-order valence-corrected chi connectivity index (χ4v) is 2.05. The van der Waals surface area contributed by atoms with Gasteiger partial charge in [-0.3, -0.25) is 4.79 Å². The molecule has 66 valence electrons. The Hall–Kier alpha value is -0.790. The second kappa shape index (κ2) is 3.30. The second-order valence-corrected chi connectivity index (χ2v) is 3.62. The van der Waals surface area contributed by atoms with Crippen molar-refractivity contribution < 1.29 is 4.79 Å². The molecule has 1 N–H and O–H groups in total. The summed E-state index contributed by atoms with van der Waals surface area (Å²) >= 11 is 0. The first-order valence-electron chi connectivity index (χ1n) is 4.87. The van der Waals surface area contributed by atoms with Crippen molar-refractivity contribution in [1.29, 1.82) is 0 Å². The summed E-state index contributed by atoms with van der Waals surface area (Å²) in [6.07, 6.45) is 6.32. The molecule has 0 spiro atoms. The third-order valence-electron chi connectivity index (χ3n) is 2.72. The Balaban J connectivity index is 2.24. The average Bonchev–Trinajstić information content (AvgIpc) is 2.29. The van der Waals surface area contributed by atoms with Crippen molar-refractivity contribution in [3.05, 3.63) is 11.3 Å². The van der Waals surface area contributed by atoms with Crippen molar-refractivity contribution in [1.82, 2.24) is 5.32 Å². The van der Waals surface area contributed by atoms with Crippen molar-refractivity contribution in [2.45, 2.75) is 38.5 Å². The summed E-state index contributed by atoms with van der Waals surface area (Å²) in [6.45, 7) is 0.991. The van der Waals surface area contributed by atoms with E-state index < -0.39 is 0 Å². The predicted octanol–water partition coefficient (Wildman–Crippen LogP) is 1.77. The van der Waals surface area contributed by atoms with Crippen LogP contribution in [-0.2, 0) is 4.79 Å². The molecular formula is C10H15NO. The number of hydrogen-bond acceptors (Lipinski definition) is 2. The van der Waals surface area contributed by atoms with Gasteiger partial charge in [-0.05, 0) is 32.1 Å². The minimum atomic E-state index is 0.398. The number of carbonyl (C=O) groups excluding carboxylic acids is 1. The maximum Gasteiger partial charge on any atom is 0.160 e. The first-order chi connectivity index (χ1) is 5.88. The molecule has 0 radical (unpaired) electrons. The fraction of sp³-hybridized carbons (Fsp3) is 0.700. The van der Waals surface area contributed by atoms with E-state index in [0.29, 0.717) is 5.78 Å². The molecule has 0 aromatic carbocycles. The van der Waals surface area contributed by atoms with E-state index in [4.69, 9.17) is 0 Å². The van der Waals surface area contributed by atoms with Crippen LogP contribution < -0.4 is 5.32 Å². The van der Waals surface area contributed by atoms with Gasteiger partial charge in [-0.15, -0.1) is 0 Å². The molecule has 0 unspecified atom stereocenters. The number of rotatable bonds is 0. The lowest BCUT2D eigenvalue weighted by Gasteiger charge is -2.17. The summed E-state index contributed by atoms with van der Waals surface area (Å²) in [6, 6.07) is 0. The third kappa shape index (κ3) is 1.38. The van der Waals surface area contributed by atoms with Crippen LogP contribution in [0.4, 0.5) is 0 Å².